The van der Waals surface area contributed by atoms with Gasteiger partial charge in [0, 0.05) is 23.1 Å². The summed E-state index contributed by atoms with van der Waals surface area (Å²) < 4.78 is 1.04. The molecule has 2 amide bonds. The number of rotatable bonds is 2. The Labute approximate surface area is 113 Å². The Morgan fingerprint density at radius 3 is 2.65 bits per heavy atom. The molecule has 1 aliphatic heterocycles. The van der Waals surface area contributed by atoms with Crippen molar-refractivity contribution < 1.29 is 9.59 Å². The van der Waals surface area contributed by atoms with Crippen LogP contribution in [0.1, 0.15) is 31.1 Å². The Balaban J connectivity index is 2.33. The van der Waals surface area contributed by atoms with Gasteiger partial charge in [-0.05, 0) is 34.0 Å². The van der Waals surface area contributed by atoms with Crippen molar-refractivity contribution in [3.8, 4) is 0 Å². The Bertz CT molecular complexity index is 455. The molecule has 0 saturated carbocycles. The first-order valence-corrected chi connectivity index (χ1v) is 7.19. The summed E-state index contributed by atoms with van der Waals surface area (Å²) in [6.45, 7) is 4.05. The zero-order chi connectivity index (χ0) is 12.6. The van der Waals surface area contributed by atoms with E-state index >= 15 is 0 Å². The lowest BCUT2D eigenvalue weighted by molar-refractivity contribution is -0.138. The lowest BCUT2D eigenvalue weighted by Gasteiger charge is -2.32. The Morgan fingerprint density at radius 1 is 1.41 bits per heavy atom. The first-order valence-electron chi connectivity index (χ1n) is 5.58. The number of halogens is 1. The Hall–Kier alpha value is -0.680. The van der Waals surface area contributed by atoms with Gasteiger partial charge in [-0.1, -0.05) is 13.8 Å². The SMILES string of the molecule is CC(C)C1C(=O)NC(=O)CC1c1ccc(Br)s1. The highest BCUT2D eigenvalue weighted by atomic mass is 79.9. The monoisotopic (exact) mass is 315 g/mol. The number of carbonyl (C=O) groups is 2. The topological polar surface area (TPSA) is 46.2 Å². The van der Waals surface area contributed by atoms with Crippen molar-refractivity contribution >= 4 is 39.1 Å². The molecule has 17 heavy (non-hydrogen) atoms. The minimum atomic E-state index is -0.165. The fourth-order valence-electron chi connectivity index (χ4n) is 2.35. The molecule has 1 aromatic heterocycles. The van der Waals surface area contributed by atoms with Gasteiger partial charge in [0.25, 0.3) is 0 Å². The Kier molecular flexibility index (Phi) is 3.68. The van der Waals surface area contributed by atoms with Crippen molar-refractivity contribution in [2.24, 2.45) is 11.8 Å². The smallest absolute Gasteiger partial charge is 0.230 e. The number of hydrogen-bond acceptors (Lipinski definition) is 3. The van der Waals surface area contributed by atoms with Crippen molar-refractivity contribution in [2.75, 3.05) is 0 Å². The molecule has 2 atom stereocenters. The molecule has 2 rings (SSSR count). The summed E-state index contributed by atoms with van der Waals surface area (Å²) in [6.07, 6.45) is 0.404. The first kappa shape index (κ1) is 12.8. The molecule has 3 nitrogen and oxygen atoms in total. The van der Waals surface area contributed by atoms with Gasteiger partial charge in [0.1, 0.15) is 0 Å². The maximum Gasteiger partial charge on any atom is 0.230 e. The van der Waals surface area contributed by atoms with Crippen LogP contribution in [-0.4, -0.2) is 11.8 Å². The second kappa shape index (κ2) is 4.90. The van der Waals surface area contributed by atoms with E-state index in [1.165, 1.54) is 0 Å². The van der Waals surface area contributed by atoms with Crippen LogP contribution in [0.2, 0.25) is 0 Å². The summed E-state index contributed by atoms with van der Waals surface area (Å²) in [6, 6.07) is 3.97. The fourth-order valence-corrected chi connectivity index (χ4v) is 3.93. The molecule has 1 aliphatic rings. The van der Waals surface area contributed by atoms with Crippen molar-refractivity contribution in [2.45, 2.75) is 26.2 Å². The molecule has 92 valence electrons. The third-order valence-electron chi connectivity index (χ3n) is 3.08. The minimum absolute atomic E-state index is 0.0209. The zero-order valence-electron chi connectivity index (χ0n) is 9.70. The van der Waals surface area contributed by atoms with E-state index in [0.717, 1.165) is 8.66 Å². The maximum atomic E-state index is 11.9. The number of thiophene rings is 1. The summed E-state index contributed by atoms with van der Waals surface area (Å²) in [5, 5.41) is 2.43. The molecule has 2 unspecified atom stereocenters. The molecular weight excluding hydrogens is 302 g/mol. The summed E-state index contributed by atoms with van der Waals surface area (Å²) in [7, 11) is 0. The molecule has 0 aliphatic carbocycles. The van der Waals surface area contributed by atoms with Gasteiger partial charge in [0.15, 0.2) is 0 Å². The third-order valence-corrected chi connectivity index (χ3v) is 4.84. The van der Waals surface area contributed by atoms with Crippen molar-refractivity contribution in [3.05, 3.63) is 20.8 Å². The van der Waals surface area contributed by atoms with E-state index in [0.29, 0.717) is 6.42 Å². The van der Waals surface area contributed by atoms with Crippen LogP contribution in [0.3, 0.4) is 0 Å². The number of carbonyl (C=O) groups excluding carboxylic acids is 2. The highest BCUT2D eigenvalue weighted by molar-refractivity contribution is 9.11. The number of nitrogens with one attached hydrogen (secondary N) is 1. The van der Waals surface area contributed by atoms with E-state index < -0.39 is 0 Å². The second-order valence-electron chi connectivity index (χ2n) is 4.63. The summed E-state index contributed by atoms with van der Waals surface area (Å²) in [5.74, 6) is -0.160. The number of imide groups is 1. The fraction of sp³-hybridized carbons (Fsp3) is 0.500. The van der Waals surface area contributed by atoms with Gasteiger partial charge in [-0.25, -0.2) is 0 Å². The van der Waals surface area contributed by atoms with Crippen molar-refractivity contribution in [1.29, 1.82) is 0 Å². The van der Waals surface area contributed by atoms with Crippen LogP contribution in [0.4, 0.5) is 0 Å². The van der Waals surface area contributed by atoms with Gasteiger partial charge in [-0.3, -0.25) is 14.9 Å². The first-order chi connectivity index (χ1) is 7.99. The average Bonchev–Trinajstić information content (AvgIpc) is 2.62. The minimum Gasteiger partial charge on any atom is -0.296 e. The summed E-state index contributed by atoms with van der Waals surface area (Å²) >= 11 is 5.02. The van der Waals surface area contributed by atoms with E-state index in [1.54, 1.807) is 11.3 Å². The molecule has 1 N–H and O–H groups in total. The molecule has 0 bridgehead atoms. The van der Waals surface area contributed by atoms with Gasteiger partial charge < -0.3 is 0 Å². The molecule has 1 saturated heterocycles. The lowest BCUT2D eigenvalue weighted by Crippen LogP contribution is -2.46. The van der Waals surface area contributed by atoms with Crippen molar-refractivity contribution in [3.63, 3.8) is 0 Å². The van der Waals surface area contributed by atoms with Crippen LogP contribution in [0.5, 0.6) is 0 Å². The van der Waals surface area contributed by atoms with Gasteiger partial charge in [-0.15, -0.1) is 11.3 Å². The van der Waals surface area contributed by atoms with E-state index in [1.807, 2.05) is 26.0 Å². The van der Waals surface area contributed by atoms with Gasteiger partial charge >= 0.3 is 0 Å². The zero-order valence-corrected chi connectivity index (χ0v) is 12.1. The highest BCUT2D eigenvalue weighted by Crippen LogP contribution is 2.40. The standard InChI is InChI=1S/C12H14BrNO2S/c1-6(2)11-7(5-10(15)14-12(11)16)8-3-4-9(13)17-8/h3-4,6-7,11H,5H2,1-2H3,(H,14,15,16). The van der Waals surface area contributed by atoms with Crippen LogP contribution in [0, 0.1) is 11.8 Å². The van der Waals surface area contributed by atoms with Crippen LogP contribution < -0.4 is 5.32 Å². The molecule has 2 heterocycles. The second-order valence-corrected chi connectivity index (χ2v) is 7.13. The van der Waals surface area contributed by atoms with Crippen LogP contribution >= 0.6 is 27.3 Å². The largest absolute Gasteiger partial charge is 0.296 e. The molecular formula is C12H14BrNO2S. The lowest BCUT2D eigenvalue weighted by atomic mass is 9.77. The molecule has 0 radical (unpaired) electrons. The van der Waals surface area contributed by atoms with Gasteiger partial charge in [0.2, 0.25) is 11.8 Å². The molecule has 5 heteroatoms. The quantitative estimate of drug-likeness (QED) is 0.853. The van der Waals surface area contributed by atoms with Crippen LogP contribution in [0.25, 0.3) is 0 Å². The number of hydrogen-bond donors (Lipinski definition) is 1. The maximum absolute atomic E-state index is 11.9. The predicted molar refractivity (Wildman–Crippen MR) is 70.9 cm³/mol. The van der Waals surface area contributed by atoms with Gasteiger partial charge in [-0.2, -0.15) is 0 Å². The number of amides is 2. The number of piperidine rings is 1. The van der Waals surface area contributed by atoms with Gasteiger partial charge in [0.05, 0.1) is 3.79 Å². The summed E-state index contributed by atoms with van der Waals surface area (Å²) in [4.78, 5) is 24.5. The molecule has 1 aromatic rings. The van der Waals surface area contributed by atoms with Crippen LogP contribution in [0.15, 0.2) is 15.9 Å². The summed E-state index contributed by atoms with van der Waals surface area (Å²) in [5.41, 5.74) is 0. The third kappa shape index (κ3) is 2.60. The van der Waals surface area contributed by atoms with E-state index in [4.69, 9.17) is 0 Å². The van der Waals surface area contributed by atoms with Crippen LogP contribution in [-0.2, 0) is 9.59 Å². The van der Waals surface area contributed by atoms with E-state index in [9.17, 15) is 9.59 Å². The van der Waals surface area contributed by atoms with E-state index in [2.05, 4.69) is 21.2 Å². The average molecular weight is 316 g/mol. The van der Waals surface area contributed by atoms with E-state index in [-0.39, 0.29) is 29.6 Å². The molecule has 0 aromatic carbocycles. The normalized spacial score (nSPS) is 25.2. The Morgan fingerprint density at radius 2 is 2.12 bits per heavy atom. The van der Waals surface area contributed by atoms with Crippen molar-refractivity contribution in [1.82, 2.24) is 5.32 Å². The highest BCUT2D eigenvalue weighted by Gasteiger charge is 2.39. The molecule has 0 spiro atoms. The molecule has 1 fully saturated rings. The predicted octanol–water partition coefficient (Wildman–Crippen LogP) is 2.91.